The van der Waals surface area contributed by atoms with Gasteiger partial charge in [0, 0.05) is 18.7 Å². The first-order valence-corrected chi connectivity index (χ1v) is 12.3. The van der Waals surface area contributed by atoms with Crippen molar-refractivity contribution in [3.05, 3.63) is 77.9 Å². The van der Waals surface area contributed by atoms with Crippen LogP contribution in [0.2, 0.25) is 0 Å². The Balaban J connectivity index is 1.76. The summed E-state index contributed by atoms with van der Waals surface area (Å²) in [6, 6.07) is 16.9. The molecule has 0 aliphatic carbocycles. The van der Waals surface area contributed by atoms with Crippen LogP contribution < -0.4 is 14.5 Å². The van der Waals surface area contributed by atoms with Crippen LogP contribution in [0.4, 0.5) is 5.69 Å². The number of aromatic hydroxyl groups is 2. The zero-order valence-corrected chi connectivity index (χ0v) is 20.2. The summed E-state index contributed by atoms with van der Waals surface area (Å²) in [5, 5.41) is 23.0. The number of hydrazone groups is 1. The molecule has 0 saturated carbocycles. The molecule has 3 aromatic carbocycles. The Morgan fingerprint density at radius 3 is 2.37 bits per heavy atom. The van der Waals surface area contributed by atoms with Crippen molar-refractivity contribution in [2.75, 3.05) is 17.5 Å². The standard InChI is InChI=1S/C25H27N3O6S/c1-3-34-22-10-12-23(13-11-22)35(32,33)28(20-7-4-18(2)5-8-20)17-25(31)27-26-15-14-19-6-9-21(29)16-24(19)30/h4-13,15-16,29-30H,3,14,17H2,1-2H3,(H,27,31). The predicted molar refractivity (Wildman–Crippen MR) is 133 cm³/mol. The first-order chi connectivity index (χ1) is 16.7. The van der Waals surface area contributed by atoms with Crippen LogP contribution in [0, 0.1) is 6.92 Å². The van der Waals surface area contributed by atoms with Gasteiger partial charge in [-0.3, -0.25) is 9.10 Å². The maximum atomic E-state index is 13.4. The van der Waals surface area contributed by atoms with Crippen LogP contribution in [0.3, 0.4) is 0 Å². The van der Waals surface area contributed by atoms with E-state index >= 15 is 0 Å². The average molecular weight is 498 g/mol. The number of rotatable bonds is 10. The fraction of sp³-hybridized carbons (Fsp3) is 0.200. The third-order valence-corrected chi connectivity index (χ3v) is 6.78. The third kappa shape index (κ3) is 6.73. The third-order valence-electron chi connectivity index (χ3n) is 4.99. The van der Waals surface area contributed by atoms with Gasteiger partial charge < -0.3 is 14.9 Å². The second kappa shape index (κ2) is 11.4. The quantitative estimate of drug-likeness (QED) is 0.291. The SMILES string of the molecule is CCOc1ccc(S(=O)(=O)N(CC(=O)NN=CCc2ccc(O)cc2O)c2ccc(C)cc2)cc1. The van der Waals surface area contributed by atoms with E-state index in [-0.39, 0.29) is 22.8 Å². The van der Waals surface area contributed by atoms with Gasteiger partial charge in [-0.05, 0) is 61.9 Å². The highest BCUT2D eigenvalue weighted by Gasteiger charge is 2.27. The largest absolute Gasteiger partial charge is 0.508 e. The summed E-state index contributed by atoms with van der Waals surface area (Å²) < 4.78 is 33.2. The highest BCUT2D eigenvalue weighted by atomic mass is 32.2. The highest BCUT2D eigenvalue weighted by molar-refractivity contribution is 7.92. The first kappa shape index (κ1) is 25.6. The number of carbonyl (C=O) groups excluding carboxylic acids is 1. The number of benzene rings is 3. The summed E-state index contributed by atoms with van der Waals surface area (Å²) in [4.78, 5) is 12.6. The summed E-state index contributed by atoms with van der Waals surface area (Å²) in [5.41, 5.74) is 4.09. The average Bonchev–Trinajstić information content (AvgIpc) is 2.82. The minimum absolute atomic E-state index is 0.0145. The Bertz CT molecular complexity index is 1290. The number of aryl methyl sites for hydroxylation is 1. The molecule has 0 fully saturated rings. The number of hydrogen-bond donors (Lipinski definition) is 3. The van der Waals surface area contributed by atoms with Crippen molar-refractivity contribution in [1.29, 1.82) is 0 Å². The molecule has 1 amide bonds. The Morgan fingerprint density at radius 2 is 1.74 bits per heavy atom. The van der Waals surface area contributed by atoms with E-state index in [2.05, 4.69) is 10.5 Å². The van der Waals surface area contributed by atoms with Gasteiger partial charge in [0.1, 0.15) is 23.8 Å². The first-order valence-electron chi connectivity index (χ1n) is 10.8. The number of sulfonamides is 1. The molecule has 0 aliphatic rings. The number of phenols is 2. The van der Waals surface area contributed by atoms with Crippen molar-refractivity contribution in [2.24, 2.45) is 5.10 Å². The predicted octanol–water partition coefficient (Wildman–Crippen LogP) is 3.34. The van der Waals surface area contributed by atoms with E-state index in [1.165, 1.54) is 36.5 Å². The minimum atomic E-state index is -4.07. The lowest BCUT2D eigenvalue weighted by Crippen LogP contribution is -2.39. The Hall–Kier alpha value is -4.05. The number of ether oxygens (including phenoxy) is 1. The molecule has 3 aromatic rings. The zero-order chi connectivity index (χ0) is 25.4. The van der Waals surface area contributed by atoms with Gasteiger partial charge in [-0.1, -0.05) is 23.8 Å². The van der Waals surface area contributed by atoms with Crippen molar-refractivity contribution >= 4 is 27.8 Å². The van der Waals surface area contributed by atoms with Gasteiger partial charge in [0.05, 0.1) is 17.2 Å². The molecule has 9 nitrogen and oxygen atoms in total. The van der Waals surface area contributed by atoms with Gasteiger partial charge in [0.2, 0.25) is 0 Å². The van der Waals surface area contributed by atoms with E-state index in [0.29, 0.717) is 23.6 Å². The van der Waals surface area contributed by atoms with E-state index in [9.17, 15) is 23.4 Å². The van der Waals surface area contributed by atoms with Crippen molar-refractivity contribution in [1.82, 2.24) is 5.43 Å². The van der Waals surface area contributed by atoms with E-state index in [1.807, 2.05) is 13.8 Å². The lowest BCUT2D eigenvalue weighted by Gasteiger charge is -2.24. The fourth-order valence-electron chi connectivity index (χ4n) is 3.18. The van der Waals surface area contributed by atoms with Crippen LogP contribution in [-0.4, -0.2) is 43.9 Å². The maximum Gasteiger partial charge on any atom is 0.264 e. The van der Waals surface area contributed by atoms with Crippen molar-refractivity contribution in [3.63, 3.8) is 0 Å². The number of amides is 1. The summed E-state index contributed by atoms with van der Waals surface area (Å²) in [6.07, 6.45) is 1.56. The smallest absolute Gasteiger partial charge is 0.264 e. The molecule has 0 radical (unpaired) electrons. The van der Waals surface area contributed by atoms with Gasteiger partial charge in [0.25, 0.3) is 15.9 Å². The van der Waals surface area contributed by atoms with Crippen LogP contribution in [-0.2, 0) is 21.2 Å². The molecule has 0 aliphatic heterocycles. The Kier molecular flexibility index (Phi) is 8.32. The normalized spacial score (nSPS) is 11.4. The zero-order valence-electron chi connectivity index (χ0n) is 19.4. The molecule has 0 heterocycles. The molecule has 35 heavy (non-hydrogen) atoms. The number of hydrogen-bond acceptors (Lipinski definition) is 7. The summed E-state index contributed by atoms with van der Waals surface area (Å²) in [6.45, 7) is 3.66. The Morgan fingerprint density at radius 1 is 1.06 bits per heavy atom. The van der Waals surface area contributed by atoms with Crippen molar-refractivity contribution in [3.8, 4) is 17.2 Å². The highest BCUT2D eigenvalue weighted by Crippen LogP contribution is 2.26. The number of nitrogens with zero attached hydrogens (tertiary/aromatic N) is 2. The molecule has 0 aromatic heterocycles. The molecule has 184 valence electrons. The Labute approximate surface area is 204 Å². The second-order valence-electron chi connectivity index (χ2n) is 7.62. The van der Waals surface area contributed by atoms with E-state index in [1.54, 1.807) is 36.4 Å². The maximum absolute atomic E-state index is 13.4. The molecule has 3 N–H and O–H groups in total. The van der Waals surface area contributed by atoms with Crippen molar-refractivity contribution < 1.29 is 28.2 Å². The molecule has 10 heteroatoms. The van der Waals surface area contributed by atoms with Gasteiger partial charge in [0.15, 0.2) is 0 Å². The topological polar surface area (TPSA) is 129 Å². The van der Waals surface area contributed by atoms with Gasteiger partial charge >= 0.3 is 0 Å². The second-order valence-corrected chi connectivity index (χ2v) is 9.48. The monoisotopic (exact) mass is 497 g/mol. The minimum Gasteiger partial charge on any atom is -0.508 e. The summed E-state index contributed by atoms with van der Waals surface area (Å²) >= 11 is 0. The lowest BCUT2D eigenvalue weighted by molar-refractivity contribution is -0.119. The van der Waals surface area contributed by atoms with Crippen molar-refractivity contribution in [2.45, 2.75) is 25.2 Å². The van der Waals surface area contributed by atoms with E-state index in [4.69, 9.17) is 4.74 Å². The number of phenolic OH excluding ortho intramolecular Hbond substituents is 2. The van der Waals surface area contributed by atoms with Gasteiger partial charge in [-0.25, -0.2) is 13.8 Å². The van der Waals surface area contributed by atoms with Crippen LogP contribution in [0.15, 0.2) is 76.7 Å². The molecule has 0 bridgehead atoms. The fourth-order valence-corrected chi connectivity index (χ4v) is 4.60. The summed E-state index contributed by atoms with van der Waals surface area (Å²) in [7, 11) is -4.07. The van der Waals surface area contributed by atoms with E-state index in [0.717, 1.165) is 9.87 Å². The number of anilines is 1. The molecule has 0 atom stereocenters. The molecule has 0 spiro atoms. The summed E-state index contributed by atoms with van der Waals surface area (Å²) in [5.74, 6) is -0.275. The molecular formula is C25H27N3O6S. The number of nitrogens with one attached hydrogen (secondary N) is 1. The molecular weight excluding hydrogens is 470 g/mol. The van der Waals surface area contributed by atoms with Crippen LogP contribution in [0.25, 0.3) is 0 Å². The van der Waals surface area contributed by atoms with E-state index < -0.39 is 22.5 Å². The molecule has 0 saturated heterocycles. The van der Waals surface area contributed by atoms with Gasteiger partial charge in [-0.2, -0.15) is 5.10 Å². The molecule has 3 rings (SSSR count). The van der Waals surface area contributed by atoms with Crippen LogP contribution >= 0.6 is 0 Å². The van der Waals surface area contributed by atoms with Gasteiger partial charge in [-0.15, -0.1) is 0 Å². The van der Waals surface area contributed by atoms with Crippen LogP contribution in [0.5, 0.6) is 17.2 Å². The van der Waals surface area contributed by atoms with Crippen LogP contribution in [0.1, 0.15) is 18.1 Å². The lowest BCUT2D eigenvalue weighted by atomic mass is 10.1. The molecule has 0 unspecified atom stereocenters. The number of carbonyl (C=O) groups is 1.